The van der Waals surface area contributed by atoms with Crippen molar-refractivity contribution in [1.29, 1.82) is 0 Å². The number of carbonyl (C=O) groups is 2. The Bertz CT molecular complexity index is 647. The topological polar surface area (TPSA) is 102 Å². The minimum Gasteiger partial charge on any atom is -0.478 e. The van der Waals surface area contributed by atoms with E-state index in [0.29, 0.717) is 18.7 Å². The number of anilines is 1. The molecular weight excluding hydrogens is 314 g/mol. The van der Waals surface area contributed by atoms with E-state index in [4.69, 9.17) is 4.74 Å². The largest absolute Gasteiger partial charge is 0.478 e. The first-order valence-corrected chi connectivity index (χ1v) is 8.01. The van der Waals surface area contributed by atoms with Gasteiger partial charge in [0, 0.05) is 18.7 Å². The third kappa shape index (κ3) is 3.81. The predicted octanol–water partition coefficient (Wildman–Crippen LogP) is 2.02. The number of nitro benzene ring substituents is 1. The Balaban J connectivity index is 2.27. The molecule has 1 aliphatic heterocycles. The number of ether oxygens (including phenoxy) is 1. The van der Waals surface area contributed by atoms with E-state index in [2.05, 4.69) is 5.32 Å². The Kier molecular flexibility index (Phi) is 5.73. The van der Waals surface area contributed by atoms with Gasteiger partial charge in [-0.15, -0.1) is 0 Å². The van der Waals surface area contributed by atoms with Crippen molar-refractivity contribution >= 4 is 23.2 Å². The summed E-state index contributed by atoms with van der Waals surface area (Å²) in [7, 11) is 0. The van der Waals surface area contributed by atoms with E-state index < -0.39 is 11.0 Å². The number of nitrogens with zero attached hydrogens (tertiary/aromatic N) is 2. The van der Waals surface area contributed by atoms with Crippen LogP contribution in [0, 0.1) is 10.1 Å². The number of non-ortho nitro benzene ring substituents is 1. The van der Waals surface area contributed by atoms with Crippen LogP contribution >= 0.6 is 0 Å². The first-order chi connectivity index (χ1) is 11.5. The lowest BCUT2D eigenvalue weighted by molar-refractivity contribution is -0.384. The van der Waals surface area contributed by atoms with Crippen LogP contribution in [0.1, 0.15) is 33.1 Å². The van der Waals surface area contributed by atoms with Gasteiger partial charge in [0.2, 0.25) is 5.91 Å². The molecule has 0 fully saturated rings. The molecule has 1 aromatic carbocycles. The summed E-state index contributed by atoms with van der Waals surface area (Å²) in [5.74, 6) is -0.296. The summed E-state index contributed by atoms with van der Waals surface area (Å²) >= 11 is 0. The normalized spacial score (nSPS) is 16.3. The van der Waals surface area contributed by atoms with Gasteiger partial charge in [-0.25, -0.2) is 0 Å². The van der Waals surface area contributed by atoms with Crippen LogP contribution in [-0.4, -0.2) is 35.9 Å². The van der Waals surface area contributed by atoms with E-state index in [1.165, 1.54) is 23.1 Å². The van der Waals surface area contributed by atoms with Crippen LogP contribution in [0.5, 0.6) is 5.75 Å². The maximum Gasteiger partial charge on any atom is 0.271 e. The molecule has 0 aromatic heterocycles. The van der Waals surface area contributed by atoms with E-state index in [0.717, 1.165) is 12.8 Å². The molecule has 1 N–H and O–H groups in total. The Morgan fingerprint density at radius 3 is 2.79 bits per heavy atom. The highest BCUT2D eigenvalue weighted by Gasteiger charge is 2.35. The molecule has 0 saturated carbocycles. The van der Waals surface area contributed by atoms with E-state index in [1.54, 1.807) is 6.92 Å². The number of fused-ring (bicyclic) bond motifs is 1. The Labute approximate surface area is 139 Å². The molecule has 1 aliphatic rings. The van der Waals surface area contributed by atoms with Gasteiger partial charge < -0.3 is 10.1 Å². The summed E-state index contributed by atoms with van der Waals surface area (Å²) in [6.45, 7) is 4.17. The number of amides is 2. The molecule has 0 aliphatic carbocycles. The fourth-order valence-electron chi connectivity index (χ4n) is 2.45. The van der Waals surface area contributed by atoms with Gasteiger partial charge >= 0.3 is 0 Å². The molecule has 0 saturated heterocycles. The lowest BCUT2D eigenvalue weighted by Gasteiger charge is -2.33. The average Bonchev–Trinajstić information content (AvgIpc) is 2.56. The molecular formula is C16H21N3O5. The molecule has 1 aromatic rings. The van der Waals surface area contributed by atoms with Crippen LogP contribution in [0.3, 0.4) is 0 Å². The molecule has 1 atom stereocenters. The molecule has 2 rings (SSSR count). The zero-order chi connectivity index (χ0) is 17.7. The maximum atomic E-state index is 12.5. The third-order valence-corrected chi connectivity index (χ3v) is 3.78. The molecule has 0 radical (unpaired) electrons. The molecule has 130 valence electrons. The predicted molar refractivity (Wildman–Crippen MR) is 88.1 cm³/mol. The van der Waals surface area contributed by atoms with Crippen LogP contribution in [-0.2, 0) is 9.59 Å². The molecule has 1 heterocycles. The van der Waals surface area contributed by atoms with Crippen molar-refractivity contribution < 1.29 is 19.2 Å². The minimum absolute atomic E-state index is 0.156. The molecule has 24 heavy (non-hydrogen) atoms. The Morgan fingerprint density at radius 1 is 1.42 bits per heavy atom. The highest BCUT2D eigenvalue weighted by Crippen LogP contribution is 2.37. The summed E-state index contributed by atoms with van der Waals surface area (Å²) in [6, 6.07) is 4.05. The van der Waals surface area contributed by atoms with E-state index in [9.17, 15) is 19.7 Å². The van der Waals surface area contributed by atoms with E-state index in [-0.39, 0.29) is 29.7 Å². The van der Waals surface area contributed by atoms with Crippen molar-refractivity contribution in [3.63, 3.8) is 0 Å². The van der Waals surface area contributed by atoms with Crippen LogP contribution in [0.15, 0.2) is 18.2 Å². The number of hydrogen-bond acceptors (Lipinski definition) is 5. The summed E-state index contributed by atoms with van der Waals surface area (Å²) < 4.78 is 5.59. The number of rotatable bonds is 7. The zero-order valence-electron chi connectivity index (χ0n) is 13.8. The fourth-order valence-corrected chi connectivity index (χ4v) is 2.45. The minimum atomic E-state index is -0.692. The number of hydrogen-bond donors (Lipinski definition) is 1. The average molecular weight is 335 g/mol. The summed E-state index contributed by atoms with van der Waals surface area (Å²) in [6.07, 6.45) is 1.55. The van der Waals surface area contributed by atoms with Gasteiger partial charge in [-0.1, -0.05) is 20.3 Å². The van der Waals surface area contributed by atoms with Gasteiger partial charge in [-0.3, -0.25) is 24.6 Å². The molecule has 0 bridgehead atoms. The van der Waals surface area contributed by atoms with Crippen molar-refractivity contribution in [2.75, 3.05) is 18.0 Å². The van der Waals surface area contributed by atoms with Crippen LogP contribution in [0.25, 0.3) is 0 Å². The monoisotopic (exact) mass is 335 g/mol. The SMILES string of the molecule is CCCCNC(=O)CN1C(=O)C(CC)Oc2ccc([N+](=O)[O-])cc21. The number of unbranched alkanes of at least 4 members (excludes halogenated alkanes) is 1. The lowest BCUT2D eigenvalue weighted by Crippen LogP contribution is -2.49. The van der Waals surface area contributed by atoms with Gasteiger partial charge in [-0.2, -0.15) is 0 Å². The van der Waals surface area contributed by atoms with E-state index in [1.807, 2.05) is 6.92 Å². The summed E-state index contributed by atoms with van der Waals surface area (Å²) in [5, 5.41) is 13.7. The highest BCUT2D eigenvalue weighted by molar-refractivity contribution is 6.04. The number of nitro groups is 1. The second-order valence-electron chi connectivity index (χ2n) is 5.55. The molecule has 2 amide bonds. The van der Waals surface area contributed by atoms with Crippen molar-refractivity contribution in [1.82, 2.24) is 5.32 Å². The van der Waals surface area contributed by atoms with Crippen molar-refractivity contribution in [3.05, 3.63) is 28.3 Å². The Morgan fingerprint density at radius 2 is 2.17 bits per heavy atom. The first-order valence-electron chi connectivity index (χ1n) is 8.01. The standard InChI is InChI=1S/C16H21N3O5/c1-3-5-8-17-15(20)10-18-12-9-11(19(22)23)6-7-14(12)24-13(4-2)16(18)21/h6-7,9,13H,3-5,8,10H2,1-2H3,(H,17,20). The van der Waals surface area contributed by atoms with Crippen molar-refractivity contribution in [3.8, 4) is 5.75 Å². The summed E-state index contributed by atoms with van der Waals surface area (Å²) in [5.41, 5.74) is 0.0982. The van der Waals surface area contributed by atoms with Gasteiger partial charge in [0.1, 0.15) is 12.3 Å². The van der Waals surface area contributed by atoms with Gasteiger partial charge in [0.25, 0.3) is 11.6 Å². The molecule has 1 unspecified atom stereocenters. The third-order valence-electron chi connectivity index (χ3n) is 3.78. The second kappa shape index (κ2) is 7.76. The van der Waals surface area contributed by atoms with Crippen molar-refractivity contribution in [2.24, 2.45) is 0 Å². The molecule has 8 nitrogen and oxygen atoms in total. The van der Waals surface area contributed by atoms with Crippen LogP contribution in [0.4, 0.5) is 11.4 Å². The molecule has 8 heteroatoms. The van der Waals surface area contributed by atoms with Crippen molar-refractivity contribution in [2.45, 2.75) is 39.2 Å². The van der Waals surface area contributed by atoms with E-state index >= 15 is 0 Å². The van der Waals surface area contributed by atoms with Gasteiger partial charge in [-0.05, 0) is 18.9 Å². The first kappa shape index (κ1) is 17.7. The number of carbonyl (C=O) groups excluding carboxylic acids is 2. The zero-order valence-corrected chi connectivity index (χ0v) is 13.8. The highest BCUT2D eigenvalue weighted by atomic mass is 16.6. The Hall–Kier alpha value is -2.64. The van der Waals surface area contributed by atoms with Gasteiger partial charge in [0.05, 0.1) is 10.6 Å². The number of nitrogens with one attached hydrogen (secondary N) is 1. The lowest BCUT2D eigenvalue weighted by atomic mass is 10.1. The van der Waals surface area contributed by atoms with Crippen LogP contribution in [0.2, 0.25) is 0 Å². The maximum absolute atomic E-state index is 12.5. The van der Waals surface area contributed by atoms with Crippen LogP contribution < -0.4 is 15.0 Å². The fraction of sp³-hybridized carbons (Fsp3) is 0.500. The quantitative estimate of drug-likeness (QED) is 0.466. The summed E-state index contributed by atoms with van der Waals surface area (Å²) in [4.78, 5) is 36.3. The number of benzene rings is 1. The van der Waals surface area contributed by atoms with Gasteiger partial charge in [0.15, 0.2) is 6.10 Å². The molecule has 0 spiro atoms. The second-order valence-corrected chi connectivity index (χ2v) is 5.55. The smallest absolute Gasteiger partial charge is 0.271 e.